The molecule has 178 valence electrons. The van der Waals surface area contributed by atoms with E-state index in [0.29, 0.717) is 0 Å². The molecule has 2 aliphatic heterocycles. The fourth-order valence-corrected chi connectivity index (χ4v) is 3.29. The van der Waals surface area contributed by atoms with Crippen molar-refractivity contribution in [2.24, 2.45) is 0 Å². The molecule has 8 nitrogen and oxygen atoms in total. The van der Waals surface area contributed by atoms with E-state index in [1.165, 1.54) is 0 Å². The third-order valence-corrected chi connectivity index (χ3v) is 4.65. The van der Waals surface area contributed by atoms with Crippen molar-refractivity contribution in [2.75, 3.05) is 0 Å². The molecule has 3 aromatic heterocycles. The van der Waals surface area contributed by atoms with Crippen LogP contribution in [0.3, 0.4) is 0 Å². The van der Waals surface area contributed by atoms with Gasteiger partial charge in [-0.2, -0.15) is 36.4 Å². The Labute approximate surface area is 215 Å². The van der Waals surface area contributed by atoms with Gasteiger partial charge in [-0.15, -0.1) is 0 Å². The first-order valence-corrected chi connectivity index (χ1v) is 9.76. The molecular formula is C26H27N4O4Zn-. The molecule has 2 aliphatic rings. The topological polar surface area (TPSA) is 183 Å². The average molecular weight is 525 g/mol. The summed E-state index contributed by atoms with van der Waals surface area (Å²) in [7, 11) is 0. The maximum absolute atomic E-state index is 4.62. The summed E-state index contributed by atoms with van der Waals surface area (Å²) in [4.78, 5) is 16.0. The van der Waals surface area contributed by atoms with Gasteiger partial charge in [-0.1, -0.05) is 0 Å². The SMILES string of the molecule is C1=Cc2cc3ccc(cc4ccc(cc5nc(cc1n2)C=C5)[nH]4)[nH]3.O.O.O.O.[Zn].[c-]1ccccc1. The van der Waals surface area contributed by atoms with Gasteiger partial charge < -0.3 is 31.9 Å². The molecule has 5 heterocycles. The molecule has 10 N–H and O–H groups in total. The third kappa shape index (κ3) is 8.22. The zero-order chi connectivity index (χ0) is 20.2. The summed E-state index contributed by atoms with van der Waals surface area (Å²) < 4.78 is 0. The van der Waals surface area contributed by atoms with Crippen LogP contribution in [-0.4, -0.2) is 41.8 Å². The van der Waals surface area contributed by atoms with Gasteiger partial charge >= 0.3 is 0 Å². The number of hydrogen-bond acceptors (Lipinski definition) is 2. The zero-order valence-corrected chi connectivity index (χ0v) is 21.9. The van der Waals surface area contributed by atoms with Crippen molar-refractivity contribution in [3.05, 3.63) is 108 Å². The molecule has 0 atom stereocenters. The Balaban J connectivity index is 0.000000936. The number of aromatic amines is 2. The van der Waals surface area contributed by atoms with Crippen LogP contribution in [0.15, 0.2) is 78.9 Å². The van der Waals surface area contributed by atoms with E-state index in [1.807, 2.05) is 72.8 Å². The van der Waals surface area contributed by atoms with Crippen molar-refractivity contribution >= 4 is 46.4 Å². The average Bonchev–Trinajstić information content (AvgIpc) is 3.56. The quantitative estimate of drug-likeness (QED) is 0.229. The van der Waals surface area contributed by atoms with E-state index in [-0.39, 0.29) is 41.4 Å². The summed E-state index contributed by atoms with van der Waals surface area (Å²) in [6.07, 6.45) is 8.05. The monoisotopic (exact) mass is 523 g/mol. The number of hydrogen-bond donors (Lipinski definition) is 2. The van der Waals surface area contributed by atoms with Crippen LogP contribution in [0.2, 0.25) is 0 Å². The van der Waals surface area contributed by atoms with Gasteiger partial charge in [0.1, 0.15) is 0 Å². The van der Waals surface area contributed by atoms with E-state index in [4.69, 9.17) is 0 Å². The van der Waals surface area contributed by atoms with Crippen LogP contribution < -0.4 is 0 Å². The fourth-order valence-electron chi connectivity index (χ4n) is 3.29. The molecule has 0 radical (unpaired) electrons. The molecule has 9 heteroatoms. The molecule has 0 amide bonds. The van der Waals surface area contributed by atoms with Crippen LogP contribution in [0, 0.1) is 6.07 Å². The van der Waals surface area contributed by atoms with Crippen LogP contribution in [0.5, 0.6) is 0 Å². The van der Waals surface area contributed by atoms with Crippen LogP contribution in [0.1, 0.15) is 22.8 Å². The van der Waals surface area contributed by atoms with Crippen LogP contribution in [-0.2, 0) is 19.5 Å². The third-order valence-electron chi connectivity index (χ3n) is 4.65. The van der Waals surface area contributed by atoms with Crippen LogP contribution in [0.4, 0.5) is 0 Å². The summed E-state index contributed by atoms with van der Waals surface area (Å²) >= 11 is 0. The largest absolute Gasteiger partial charge is 0.412 e. The van der Waals surface area contributed by atoms with E-state index < -0.39 is 0 Å². The number of aromatic nitrogens is 4. The molecule has 8 bridgehead atoms. The summed E-state index contributed by atoms with van der Waals surface area (Å²) in [5, 5.41) is 0. The van der Waals surface area contributed by atoms with Crippen molar-refractivity contribution in [3.63, 3.8) is 0 Å². The zero-order valence-electron chi connectivity index (χ0n) is 18.9. The molecule has 0 saturated carbocycles. The first-order valence-electron chi connectivity index (χ1n) is 9.76. The number of nitrogens with zero attached hydrogens (tertiary/aromatic N) is 2. The molecule has 0 aliphatic carbocycles. The standard InChI is InChI=1S/C20H14N4.C6H5.4H2O.Zn/c1-2-14-10-16-5-6-18(23-16)12-20-8-7-19(24-20)11-17-4-3-15(22-17)9-13(1)21-14;1-2-4-6-5-3-1;;;;;/h1-12,21-22H;1-5H;4*1H2;/q;-1;;;;;. The van der Waals surface area contributed by atoms with Gasteiger partial charge in [0, 0.05) is 41.5 Å². The Morgan fingerprint density at radius 3 is 1.20 bits per heavy atom. The van der Waals surface area contributed by atoms with E-state index in [1.54, 1.807) is 0 Å². The van der Waals surface area contributed by atoms with Gasteiger partial charge in [0.25, 0.3) is 0 Å². The predicted molar refractivity (Wildman–Crippen MR) is 139 cm³/mol. The fraction of sp³-hybridized carbons (Fsp3) is 0. The minimum atomic E-state index is 0. The second-order valence-electron chi connectivity index (χ2n) is 6.98. The van der Waals surface area contributed by atoms with Crippen molar-refractivity contribution < 1.29 is 41.4 Å². The minimum absolute atomic E-state index is 0. The Morgan fingerprint density at radius 2 is 0.857 bits per heavy atom. The van der Waals surface area contributed by atoms with E-state index in [9.17, 15) is 0 Å². The van der Waals surface area contributed by atoms with Crippen molar-refractivity contribution in [3.8, 4) is 0 Å². The molecule has 4 aromatic rings. The molecule has 35 heavy (non-hydrogen) atoms. The Bertz CT molecular complexity index is 1300. The van der Waals surface area contributed by atoms with E-state index >= 15 is 0 Å². The van der Waals surface area contributed by atoms with Gasteiger partial charge in [0.05, 0.1) is 22.8 Å². The van der Waals surface area contributed by atoms with E-state index in [0.717, 1.165) is 44.8 Å². The summed E-state index contributed by atoms with van der Waals surface area (Å²) in [6, 6.07) is 28.9. The van der Waals surface area contributed by atoms with Crippen LogP contribution >= 0.6 is 0 Å². The Morgan fingerprint density at radius 1 is 0.486 bits per heavy atom. The number of benzene rings is 1. The molecule has 0 fully saturated rings. The van der Waals surface area contributed by atoms with Crippen molar-refractivity contribution in [1.29, 1.82) is 0 Å². The number of fused-ring (bicyclic) bond motifs is 8. The van der Waals surface area contributed by atoms with Crippen molar-refractivity contribution in [1.82, 2.24) is 19.9 Å². The van der Waals surface area contributed by atoms with Crippen LogP contribution in [0.25, 0.3) is 46.4 Å². The molecular weight excluding hydrogens is 498 g/mol. The number of nitrogens with one attached hydrogen (secondary N) is 2. The number of H-pyrrole nitrogens is 2. The molecule has 6 rings (SSSR count). The summed E-state index contributed by atoms with van der Waals surface area (Å²) in [6.45, 7) is 0. The number of rotatable bonds is 0. The predicted octanol–water partition coefficient (Wildman–Crippen LogP) is 2.84. The maximum atomic E-state index is 4.62. The first-order chi connectivity index (χ1) is 14.8. The van der Waals surface area contributed by atoms with E-state index in [2.05, 4.69) is 56.3 Å². The molecule has 0 unspecified atom stereocenters. The first kappa shape index (κ1) is 31.3. The molecule has 1 aromatic carbocycles. The second kappa shape index (κ2) is 14.5. The molecule has 0 spiro atoms. The summed E-state index contributed by atoms with van der Waals surface area (Å²) in [5.74, 6) is 0. The van der Waals surface area contributed by atoms with Gasteiger partial charge in [-0.3, -0.25) is 0 Å². The van der Waals surface area contributed by atoms with Gasteiger partial charge in [0.15, 0.2) is 0 Å². The normalized spacial score (nSPS) is 10.1. The maximum Gasteiger partial charge on any atom is 0.0659 e. The Kier molecular flexibility index (Phi) is 13.0. The second-order valence-corrected chi connectivity index (χ2v) is 6.98. The Hall–Kier alpha value is -3.72. The van der Waals surface area contributed by atoms with Gasteiger partial charge in [-0.05, 0) is 72.8 Å². The smallest absolute Gasteiger partial charge is 0.0659 e. The van der Waals surface area contributed by atoms with Crippen molar-refractivity contribution in [2.45, 2.75) is 0 Å². The van der Waals surface area contributed by atoms with Gasteiger partial charge in [0.2, 0.25) is 0 Å². The minimum Gasteiger partial charge on any atom is -0.412 e. The van der Waals surface area contributed by atoms with Gasteiger partial charge in [-0.25, -0.2) is 9.97 Å². The molecule has 0 saturated heterocycles. The summed E-state index contributed by atoms with van der Waals surface area (Å²) in [5.41, 5.74) is 7.86.